The van der Waals surface area contributed by atoms with Gasteiger partial charge in [0.15, 0.2) is 6.29 Å². The lowest BCUT2D eigenvalue weighted by atomic mass is 9.91. The Kier molecular flexibility index (Phi) is 5.35. The van der Waals surface area contributed by atoms with E-state index in [-0.39, 0.29) is 12.6 Å². The van der Waals surface area contributed by atoms with Gasteiger partial charge in [0.2, 0.25) is 0 Å². The molecule has 0 saturated carbocycles. The number of esters is 1. The van der Waals surface area contributed by atoms with E-state index in [1.165, 1.54) is 4.80 Å². The molecule has 0 fully saturated rings. The Bertz CT molecular complexity index is 943. The van der Waals surface area contributed by atoms with E-state index in [1.54, 1.807) is 6.07 Å². The van der Waals surface area contributed by atoms with Gasteiger partial charge in [0.25, 0.3) is 0 Å². The van der Waals surface area contributed by atoms with Crippen molar-refractivity contribution in [3.8, 4) is 5.69 Å². The van der Waals surface area contributed by atoms with Crippen molar-refractivity contribution >= 4 is 23.3 Å². The van der Waals surface area contributed by atoms with Gasteiger partial charge in [-0.25, -0.2) is 0 Å². The molecule has 0 atom stereocenters. The number of aromatic nitrogens is 3. The van der Waals surface area contributed by atoms with Crippen molar-refractivity contribution in [2.24, 2.45) is 5.41 Å². The molecular weight excluding hydrogens is 342 g/mol. The van der Waals surface area contributed by atoms with Crippen molar-refractivity contribution in [3.05, 3.63) is 53.6 Å². The van der Waals surface area contributed by atoms with Crippen LogP contribution in [0.2, 0.25) is 0 Å². The van der Waals surface area contributed by atoms with E-state index in [1.807, 2.05) is 57.2 Å². The molecule has 1 aromatic heterocycles. The Balaban J connectivity index is 1.79. The van der Waals surface area contributed by atoms with Crippen molar-refractivity contribution in [2.75, 3.05) is 6.61 Å². The molecule has 0 unspecified atom stereocenters. The summed E-state index contributed by atoms with van der Waals surface area (Å²) in [6.45, 7) is 6.00. The fourth-order valence-electron chi connectivity index (χ4n) is 2.59. The van der Waals surface area contributed by atoms with Gasteiger partial charge in [0.05, 0.1) is 17.7 Å². The summed E-state index contributed by atoms with van der Waals surface area (Å²) in [5.41, 5.74) is 3.10. The normalized spacial score (nSPS) is 11.5. The second-order valence-electron chi connectivity index (χ2n) is 7.11. The predicted octanol–water partition coefficient (Wildman–Crippen LogP) is 3.75. The summed E-state index contributed by atoms with van der Waals surface area (Å²) in [5, 5.41) is 8.89. The standard InChI is InChI=1S/C21H23N3O3/c1-4-21(2,3)20(26)27-12-11-15-9-10-16(14-25)19(13-15)24-22-17-7-5-6-8-18(17)23-24/h5-10,13-14H,4,11-12H2,1-3H3. The second kappa shape index (κ2) is 7.70. The maximum absolute atomic E-state index is 12.1. The number of aldehydes is 1. The Hall–Kier alpha value is -3.02. The van der Waals surface area contributed by atoms with E-state index in [2.05, 4.69) is 10.2 Å². The smallest absolute Gasteiger partial charge is 0.311 e. The van der Waals surface area contributed by atoms with Crippen molar-refractivity contribution in [1.29, 1.82) is 0 Å². The van der Waals surface area contributed by atoms with Gasteiger partial charge in [0, 0.05) is 12.0 Å². The summed E-state index contributed by atoms with van der Waals surface area (Å²) >= 11 is 0. The largest absolute Gasteiger partial charge is 0.465 e. The first-order chi connectivity index (χ1) is 12.9. The summed E-state index contributed by atoms with van der Waals surface area (Å²) in [6.07, 6.45) is 2.07. The molecule has 2 aromatic carbocycles. The minimum atomic E-state index is -0.481. The molecule has 0 amide bonds. The molecule has 140 valence electrons. The van der Waals surface area contributed by atoms with Crippen molar-refractivity contribution in [2.45, 2.75) is 33.6 Å². The van der Waals surface area contributed by atoms with E-state index in [0.717, 1.165) is 29.3 Å². The van der Waals surface area contributed by atoms with E-state index in [0.29, 0.717) is 17.7 Å². The monoisotopic (exact) mass is 365 g/mol. The van der Waals surface area contributed by atoms with Gasteiger partial charge in [-0.15, -0.1) is 15.0 Å². The summed E-state index contributed by atoms with van der Waals surface area (Å²) in [5.74, 6) is -0.199. The van der Waals surface area contributed by atoms with Gasteiger partial charge in [-0.3, -0.25) is 9.59 Å². The Labute approximate surface area is 158 Å². The lowest BCUT2D eigenvalue weighted by Gasteiger charge is -2.20. The summed E-state index contributed by atoms with van der Waals surface area (Å²) in [7, 11) is 0. The summed E-state index contributed by atoms with van der Waals surface area (Å²) < 4.78 is 5.41. The molecule has 3 rings (SSSR count). The third-order valence-corrected chi connectivity index (χ3v) is 4.78. The van der Waals surface area contributed by atoms with Crippen LogP contribution < -0.4 is 0 Å². The van der Waals surface area contributed by atoms with Crippen LogP contribution in [-0.4, -0.2) is 33.9 Å². The number of rotatable bonds is 7. The lowest BCUT2D eigenvalue weighted by Crippen LogP contribution is -2.26. The molecule has 0 aliphatic carbocycles. The highest BCUT2D eigenvalue weighted by molar-refractivity contribution is 5.81. The predicted molar refractivity (Wildman–Crippen MR) is 103 cm³/mol. The lowest BCUT2D eigenvalue weighted by molar-refractivity contribution is -0.154. The maximum Gasteiger partial charge on any atom is 0.311 e. The molecule has 1 heterocycles. The molecule has 6 nitrogen and oxygen atoms in total. The number of ether oxygens (including phenoxy) is 1. The number of benzene rings is 2. The van der Waals surface area contributed by atoms with Gasteiger partial charge in [-0.05, 0) is 50.1 Å². The number of carbonyl (C=O) groups is 2. The minimum absolute atomic E-state index is 0.199. The number of hydrogen-bond donors (Lipinski definition) is 0. The van der Waals surface area contributed by atoms with Crippen LogP contribution in [0.4, 0.5) is 0 Å². The van der Waals surface area contributed by atoms with Crippen LogP contribution in [0.3, 0.4) is 0 Å². The number of nitrogens with zero attached hydrogens (tertiary/aromatic N) is 3. The Morgan fingerprint density at radius 1 is 1.15 bits per heavy atom. The molecule has 0 bridgehead atoms. The van der Waals surface area contributed by atoms with E-state index in [9.17, 15) is 9.59 Å². The molecule has 27 heavy (non-hydrogen) atoms. The van der Waals surface area contributed by atoms with Crippen LogP contribution in [-0.2, 0) is 16.0 Å². The number of hydrogen-bond acceptors (Lipinski definition) is 5. The van der Waals surface area contributed by atoms with Crippen LogP contribution >= 0.6 is 0 Å². The van der Waals surface area contributed by atoms with E-state index < -0.39 is 5.41 Å². The SMILES string of the molecule is CCC(C)(C)C(=O)OCCc1ccc(C=O)c(-n2nc3ccccc3n2)c1. The maximum atomic E-state index is 12.1. The summed E-state index contributed by atoms with van der Waals surface area (Å²) in [6, 6.07) is 13.0. The first kappa shape index (κ1) is 18.8. The van der Waals surface area contributed by atoms with Gasteiger partial charge in [0.1, 0.15) is 11.0 Å². The molecule has 0 saturated heterocycles. The zero-order valence-corrected chi connectivity index (χ0v) is 15.8. The van der Waals surface area contributed by atoms with Crippen LogP contribution in [0.15, 0.2) is 42.5 Å². The zero-order chi connectivity index (χ0) is 19.4. The second-order valence-corrected chi connectivity index (χ2v) is 7.11. The van der Waals surface area contributed by atoms with Crippen LogP contribution in [0.25, 0.3) is 16.7 Å². The fourth-order valence-corrected chi connectivity index (χ4v) is 2.59. The molecule has 0 aliphatic rings. The van der Waals surface area contributed by atoms with Gasteiger partial charge in [-0.1, -0.05) is 25.1 Å². The van der Waals surface area contributed by atoms with Crippen molar-refractivity contribution in [3.63, 3.8) is 0 Å². The molecule has 3 aromatic rings. The Morgan fingerprint density at radius 3 is 2.41 bits per heavy atom. The average molecular weight is 365 g/mol. The molecular formula is C21H23N3O3. The Morgan fingerprint density at radius 2 is 1.81 bits per heavy atom. The van der Waals surface area contributed by atoms with Crippen LogP contribution in [0.1, 0.15) is 43.1 Å². The van der Waals surface area contributed by atoms with Crippen molar-refractivity contribution in [1.82, 2.24) is 15.0 Å². The van der Waals surface area contributed by atoms with Crippen LogP contribution in [0, 0.1) is 5.41 Å². The minimum Gasteiger partial charge on any atom is -0.465 e. The topological polar surface area (TPSA) is 74.1 Å². The molecule has 6 heteroatoms. The fraction of sp³-hybridized carbons (Fsp3) is 0.333. The quantitative estimate of drug-likeness (QED) is 0.471. The average Bonchev–Trinajstić information content (AvgIpc) is 3.11. The van der Waals surface area contributed by atoms with E-state index >= 15 is 0 Å². The zero-order valence-electron chi connectivity index (χ0n) is 15.8. The highest BCUT2D eigenvalue weighted by Gasteiger charge is 2.26. The molecule has 0 radical (unpaired) electrons. The highest BCUT2D eigenvalue weighted by atomic mass is 16.5. The number of carbonyl (C=O) groups excluding carboxylic acids is 2. The van der Waals surface area contributed by atoms with Gasteiger partial charge < -0.3 is 4.74 Å². The first-order valence-corrected chi connectivity index (χ1v) is 9.02. The molecule has 0 N–H and O–H groups in total. The third-order valence-electron chi connectivity index (χ3n) is 4.78. The highest BCUT2D eigenvalue weighted by Crippen LogP contribution is 2.22. The van der Waals surface area contributed by atoms with Crippen molar-refractivity contribution < 1.29 is 14.3 Å². The molecule has 0 spiro atoms. The van der Waals surface area contributed by atoms with E-state index in [4.69, 9.17) is 4.74 Å². The summed E-state index contributed by atoms with van der Waals surface area (Å²) in [4.78, 5) is 25.0. The third kappa shape index (κ3) is 4.05. The molecule has 0 aliphatic heterocycles. The number of fused-ring (bicyclic) bond motifs is 1. The van der Waals surface area contributed by atoms with Gasteiger partial charge in [-0.2, -0.15) is 0 Å². The first-order valence-electron chi connectivity index (χ1n) is 9.02. The van der Waals surface area contributed by atoms with Gasteiger partial charge >= 0.3 is 5.97 Å². The van der Waals surface area contributed by atoms with Crippen LogP contribution in [0.5, 0.6) is 0 Å².